The fourth-order valence-corrected chi connectivity index (χ4v) is 3.05. The van der Waals surface area contributed by atoms with Gasteiger partial charge >= 0.3 is 0 Å². The minimum absolute atomic E-state index is 0.282. The molecule has 10 heteroatoms. The van der Waals surface area contributed by atoms with Crippen molar-refractivity contribution in [3.05, 3.63) is 55.0 Å². The van der Waals surface area contributed by atoms with Crippen LogP contribution >= 0.6 is 0 Å². The summed E-state index contributed by atoms with van der Waals surface area (Å²) in [6.07, 6.45) is 7.10. The number of H-pyrrole nitrogens is 1. The van der Waals surface area contributed by atoms with Crippen LogP contribution in [0.1, 0.15) is 19.3 Å². The molecule has 5 N–H and O–H groups in total. The van der Waals surface area contributed by atoms with E-state index in [0.717, 1.165) is 28.8 Å². The van der Waals surface area contributed by atoms with Crippen LogP contribution in [0, 0.1) is 0 Å². The van der Waals surface area contributed by atoms with Gasteiger partial charge in [-0.15, -0.1) is 0 Å². The third-order valence-electron chi connectivity index (χ3n) is 4.51. The molecule has 0 aliphatic heterocycles. The normalized spacial score (nSPS) is 10.8. The Morgan fingerprint density at radius 2 is 1.93 bits per heavy atom. The molecule has 0 saturated heterocycles. The number of hydrogen-bond donors (Lipinski definition) is 5. The van der Waals surface area contributed by atoms with Crippen LogP contribution in [0.4, 0.5) is 23.1 Å². The fraction of sp³-hybridized carbons (Fsp3) is 0.200. The first kappa shape index (κ1) is 19.4. The van der Waals surface area contributed by atoms with Gasteiger partial charge in [0.15, 0.2) is 0 Å². The van der Waals surface area contributed by atoms with Crippen LogP contribution in [0.2, 0.25) is 0 Å². The van der Waals surface area contributed by atoms with Crippen molar-refractivity contribution in [3.8, 4) is 0 Å². The molecule has 30 heavy (non-hydrogen) atoms. The lowest BCUT2D eigenvalue weighted by atomic mass is 10.2. The number of carbonyl (C=O) groups excluding carboxylic acids is 1. The number of carbonyl (C=O) groups is 1. The Kier molecular flexibility index (Phi) is 5.85. The zero-order chi connectivity index (χ0) is 20.8. The Balaban J connectivity index is 1.44. The highest BCUT2D eigenvalue weighted by Gasteiger charge is 2.10. The number of benzene rings is 1. The zero-order valence-electron chi connectivity index (χ0n) is 16.2. The number of para-hydroxylation sites is 1. The molecule has 0 spiro atoms. The molecule has 1 aromatic carbocycles. The van der Waals surface area contributed by atoms with Gasteiger partial charge < -0.3 is 15.6 Å². The average Bonchev–Trinajstić information content (AvgIpc) is 3.41. The molecular weight excluding hydrogens is 384 g/mol. The fourth-order valence-electron chi connectivity index (χ4n) is 3.05. The van der Waals surface area contributed by atoms with Crippen LogP contribution in [-0.4, -0.2) is 35.8 Å². The number of hydrogen-bond acceptors (Lipinski definition) is 7. The minimum atomic E-state index is -0.380. The molecule has 0 saturated carbocycles. The number of rotatable bonds is 9. The van der Waals surface area contributed by atoms with Crippen LogP contribution in [0.25, 0.3) is 11.0 Å². The van der Waals surface area contributed by atoms with Crippen molar-refractivity contribution in [1.82, 2.24) is 30.2 Å². The van der Waals surface area contributed by atoms with Gasteiger partial charge in [0.2, 0.25) is 11.9 Å². The Morgan fingerprint density at radius 1 is 1.07 bits per heavy atom. The van der Waals surface area contributed by atoms with Gasteiger partial charge in [-0.3, -0.25) is 14.7 Å². The molecule has 0 fully saturated rings. The predicted molar refractivity (Wildman–Crippen MR) is 113 cm³/mol. The zero-order valence-corrected chi connectivity index (χ0v) is 16.2. The van der Waals surface area contributed by atoms with Crippen molar-refractivity contribution in [2.75, 3.05) is 10.6 Å². The van der Waals surface area contributed by atoms with Crippen LogP contribution in [0.15, 0.2) is 55.0 Å². The molecule has 10 nitrogen and oxygen atoms in total. The summed E-state index contributed by atoms with van der Waals surface area (Å²) >= 11 is 0. The Labute approximate surface area is 172 Å². The summed E-state index contributed by atoms with van der Waals surface area (Å²) < 4.78 is 1.79. The number of aromatic nitrogens is 5. The Bertz CT molecular complexity index is 1120. The number of amides is 1. The van der Waals surface area contributed by atoms with Gasteiger partial charge in [0.25, 0.3) is 0 Å². The summed E-state index contributed by atoms with van der Waals surface area (Å²) in [7, 11) is 0. The smallest absolute Gasteiger partial charge is 0.243 e. The molecule has 3 aromatic heterocycles. The lowest BCUT2D eigenvalue weighted by Gasteiger charge is -2.09. The van der Waals surface area contributed by atoms with E-state index in [1.165, 1.54) is 0 Å². The number of nitrogens with one attached hydrogen (secondary N) is 4. The predicted octanol–water partition coefficient (Wildman–Crippen LogP) is 3.32. The molecular formula is C20H22N8O2. The van der Waals surface area contributed by atoms with E-state index in [0.29, 0.717) is 24.7 Å². The first-order chi connectivity index (χ1) is 14.7. The minimum Gasteiger partial charge on any atom is -0.346 e. The van der Waals surface area contributed by atoms with Crippen molar-refractivity contribution >= 4 is 40.1 Å². The van der Waals surface area contributed by atoms with Gasteiger partial charge in [-0.05, 0) is 31.0 Å². The third-order valence-corrected chi connectivity index (χ3v) is 4.51. The number of hydroxylamine groups is 1. The molecule has 3 heterocycles. The molecule has 0 aliphatic rings. The molecule has 0 radical (unpaired) electrons. The second kappa shape index (κ2) is 9.05. The van der Waals surface area contributed by atoms with Gasteiger partial charge in [0, 0.05) is 31.0 Å². The van der Waals surface area contributed by atoms with E-state index in [1.54, 1.807) is 16.4 Å². The molecule has 0 unspecified atom stereocenters. The summed E-state index contributed by atoms with van der Waals surface area (Å²) in [6, 6.07) is 11.8. The van der Waals surface area contributed by atoms with Crippen molar-refractivity contribution in [2.45, 2.75) is 25.8 Å². The molecule has 154 valence electrons. The lowest BCUT2D eigenvalue weighted by molar-refractivity contribution is -0.129. The van der Waals surface area contributed by atoms with Gasteiger partial charge in [-0.1, -0.05) is 18.2 Å². The summed E-state index contributed by atoms with van der Waals surface area (Å²) in [5.41, 5.74) is 4.06. The molecule has 0 aliphatic carbocycles. The highest BCUT2D eigenvalue weighted by molar-refractivity contribution is 5.90. The number of nitrogens with zero attached hydrogens (tertiary/aromatic N) is 4. The van der Waals surface area contributed by atoms with Gasteiger partial charge in [-0.25, -0.2) is 5.48 Å². The van der Waals surface area contributed by atoms with Crippen molar-refractivity contribution < 1.29 is 10.0 Å². The number of unbranched alkanes of at least 4 members (excludes halogenated alkanes) is 1. The van der Waals surface area contributed by atoms with E-state index in [-0.39, 0.29) is 12.3 Å². The topological polar surface area (TPSA) is 133 Å². The highest BCUT2D eigenvalue weighted by Crippen LogP contribution is 2.25. The van der Waals surface area contributed by atoms with Gasteiger partial charge in [0.1, 0.15) is 11.5 Å². The van der Waals surface area contributed by atoms with Crippen LogP contribution in [0.3, 0.4) is 0 Å². The van der Waals surface area contributed by atoms with E-state index >= 15 is 0 Å². The monoisotopic (exact) mass is 406 g/mol. The Morgan fingerprint density at radius 3 is 2.77 bits per heavy atom. The van der Waals surface area contributed by atoms with E-state index in [1.807, 2.05) is 48.8 Å². The molecule has 0 bridgehead atoms. The first-order valence-electron chi connectivity index (χ1n) is 9.61. The molecule has 4 rings (SSSR count). The number of anilines is 4. The SMILES string of the molecule is O=C(CCCCn1cc(Nc2nc(Nc3ccccc3)c3cc[nH]c3n2)cn1)NO. The Hall–Kier alpha value is -3.92. The second-order valence-corrected chi connectivity index (χ2v) is 6.74. The highest BCUT2D eigenvalue weighted by atomic mass is 16.5. The average molecular weight is 406 g/mol. The maximum atomic E-state index is 11.0. The molecule has 0 atom stereocenters. The van der Waals surface area contributed by atoms with Crippen molar-refractivity contribution in [3.63, 3.8) is 0 Å². The van der Waals surface area contributed by atoms with E-state index < -0.39 is 0 Å². The van der Waals surface area contributed by atoms with Gasteiger partial charge in [-0.2, -0.15) is 15.1 Å². The maximum absolute atomic E-state index is 11.0. The van der Waals surface area contributed by atoms with E-state index in [4.69, 9.17) is 5.21 Å². The number of aryl methyl sites for hydroxylation is 1. The molecule has 1 amide bonds. The van der Waals surface area contributed by atoms with Crippen LogP contribution in [0.5, 0.6) is 0 Å². The lowest BCUT2D eigenvalue weighted by Crippen LogP contribution is -2.18. The largest absolute Gasteiger partial charge is 0.346 e. The standard InChI is InChI=1S/C20H22N8O2/c29-17(27-30)8-4-5-11-28-13-15(12-22-28)24-20-25-18-16(9-10-21-18)19(26-20)23-14-6-2-1-3-7-14/h1-3,6-7,9-10,12-13,30H,4-5,8,11H2,(H,27,29)(H3,21,23,24,25,26). The van der Waals surface area contributed by atoms with Crippen LogP contribution in [-0.2, 0) is 11.3 Å². The molecule has 4 aromatic rings. The third kappa shape index (κ3) is 4.73. The van der Waals surface area contributed by atoms with E-state index in [9.17, 15) is 4.79 Å². The van der Waals surface area contributed by atoms with Crippen molar-refractivity contribution in [2.24, 2.45) is 0 Å². The second-order valence-electron chi connectivity index (χ2n) is 6.74. The van der Waals surface area contributed by atoms with Crippen LogP contribution < -0.4 is 16.1 Å². The maximum Gasteiger partial charge on any atom is 0.243 e. The summed E-state index contributed by atoms with van der Waals surface area (Å²) in [5, 5.41) is 20.2. The quantitative estimate of drug-likeness (QED) is 0.164. The summed E-state index contributed by atoms with van der Waals surface area (Å²) in [5.74, 6) is 0.765. The van der Waals surface area contributed by atoms with Crippen molar-refractivity contribution in [1.29, 1.82) is 0 Å². The summed E-state index contributed by atoms with van der Waals surface area (Å²) in [4.78, 5) is 23.3. The first-order valence-corrected chi connectivity index (χ1v) is 9.61. The number of aromatic amines is 1. The van der Waals surface area contributed by atoms with Gasteiger partial charge in [0.05, 0.1) is 17.3 Å². The van der Waals surface area contributed by atoms with E-state index in [2.05, 4.69) is 30.7 Å². The summed E-state index contributed by atoms with van der Waals surface area (Å²) in [6.45, 7) is 0.664. The number of fused-ring (bicyclic) bond motifs is 1.